The van der Waals surface area contributed by atoms with E-state index in [1.54, 1.807) is 18.2 Å². The van der Waals surface area contributed by atoms with Gasteiger partial charge in [0.1, 0.15) is 0 Å². The number of carbonyl (C=O) groups excluding carboxylic acids is 1. The number of benzene rings is 1. The van der Waals surface area contributed by atoms with E-state index < -0.39 is 10.2 Å². The first-order valence-corrected chi connectivity index (χ1v) is 9.25. The molecule has 1 fully saturated rings. The number of hydrogen-bond acceptors (Lipinski definition) is 5. The van der Waals surface area contributed by atoms with Crippen LogP contribution >= 0.6 is 0 Å². The van der Waals surface area contributed by atoms with Crippen LogP contribution < -0.4 is 19.9 Å². The average Bonchev–Trinajstić information content (AvgIpc) is 2.55. The molecule has 24 heavy (non-hydrogen) atoms. The molecule has 0 atom stereocenters. The van der Waals surface area contributed by atoms with Crippen molar-refractivity contribution in [2.24, 2.45) is 11.1 Å². The Morgan fingerprint density at radius 3 is 2.54 bits per heavy atom. The number of nitrogens with two attached hydrogens (primary N) is 1. The number of nitrogens with one attached hydrogen (secondary N) is 1. The summed E-state index contributed by atoms with van der Waals surface area (Å²) in [6.07, 6.45) is 0.882. The van der Waals surface area contributed by atoms with Crippen molar-refractivity contribution in [3.63, 3.8) is 0 Å². The van der Waals surface area contributed by atoms with Crippen LogP contribution in [0.5, 0.6) is 11.5 Å². The van der Waals surface area contributed by atoms with Crippen molar-refractivity contribution < 1.29 is 22.7 Å². The van der Waals surface area contributed by atoms with Crippen molar-refractivity contribution in [1.29, 1.82) is 0 Å². The minimum atomic E-state index is -3.68. The first-order chi connectivity index (χ1) is 11.3. The second kappa shape index (κ2) is 7.82. The number of methoxy groups -OCH3 is 1. The van der Waals surface area contributed by atoms with Crippen LogP contribution in [0.25, 0.3) is 0 Å². The first-order valence-electron chi connectivity index (χ1n) is 7.74. The Morgan fingerprint density at radius 2 is 2.00 bits per heavy atom. The van der Waals surface area contributed by atoms with E-state index in [9.17, 15) is 13.2 Å². The molecular weight excluding hydrogens is 334 g/mol. The Bertz CT molecular complexity index is 684. The first kappa shape index (κ1) is 18.5. The normalized spacial score (nSPS) is 16.6. The monoisotopic (exact) mass is 357 g/mol. The van der Waals surface area contributed by atoms with Crippen LogP contribution in [-0.2, 0) is 15.0 Å². The van der Waals surface area contributed by atoms with Crippen LogP contribution in [0.2, 0.25) is 0 Å². The van der Waals surface area contributed by atoms with Crippen molar-refractivity contribution in [1.82, 2.24) is 4.31 Å². The van der Waals surface area contributed by atoms with E-state index in [2.05, 4.69) is 5.32 Å². The molecular formula is C15H23N3O5S. The van der Waals surface area contributed by atoms with Gasteiger partial charge in [-0.05, 0) is 31.9 Å². The predicted molar refractivity (Wildman–Crippen MR) is 90.2 cm³/mol. The Hall–Kier alpha value is -1.84. The molecule has 0 bridgehead atoms. The molecule has 1 amide bonds. The van der Waals surface area contributed by atoms with E-state index in [0.717, 1.165) is 0 Å². The third-order valence-electron chi connectivity index (χ3n) is 3.92. The van der Waals surface area contributed by atoms with Crippen LogP contribution in [-0.4, -0.2) is 45.4 Å². The van der Waals surface area contributed by atoms with Gasteiger partial charge in [0.15, 0.2) is 11.5 Å². The van der Waals surface area contributed by atoms with Gasteiger partial charge in [-0.25, -0.2) is 5.14 Å². The van der Waals surface area contributed by atoms with Gasteiger partial charge in [0.25, 0.3) is 10.2 Å². The molecule has 9 heteroatoms. The minimum absolute atomic E-state index is 0.143. The Morgan fingerprint density at radius 1 is 1.33 bits per heavy atom. The molecule has 0 aromatic heterocycles. The van der Waals surface area contributed by atoms with Gasteiger partial charge in [-0.15, -0.1) is 0 Å². The minimum Gasteiger partial charge on any atom is -0.493 e. The second-order valence-electron chi connectivity index (χ2n) is 5.51. The highest BCUT2D eigenvalue weighted by Crippen LogP contribution is 2.30. The van der Waals surface area contributed by atoms with Crippen LogP contribution in [0, 0.1) is 5.92 Å². The molecule has 8 nitrogen and oxygen atoms in total. The molecule has 134 valence electrons. The number of anilines is 1. The largest absolute Gasteiger partial charge is 0.493 e. The number of amides is 1. The fourth-order valence-corrected chi connectivity index (χ4v) is 3.36. The smallest absolute Gasteiger partial charge is 0.276 e. The third kappa shape index (κ3) is 4.59. The summed E-state index contributed by atoms with van der Waals surface area (Å²) >= 11 is 0. The molecule has 1 heterocycles. The quantitative estimate of drug-likeness (QED) is 0.787. The summed E-state index contributed by atoms with van der Waals surface area (Å²) in [5, 5.41) is 7.93. The topological polar surface area (TPSA) is 111 Å². The molecule has 1 aromatic rings. The Labute approximate surface area is 142 Å². The van der Waals surface area contributed by atoms with Crippen LogP contribution in [0.15, 0.2) is 18.2 Å². The zero-order chi connectivity index (χ0) is 17.7. The lowest BCUT2D eigenvalue weighted by atomic mass is 9.97. The van der Waals surface area contributed by atoms with E-state index in [1.165, 1.54) is 11.4 Å². The molecule has 1 saturated heterocycles. The van der Waals surface area contributed by atoms with Crippen LogP contribution in [0.4, 0.5) is 5.69 Å². The summed E-state index contributed by atoms with van der Waals surface area (Å²) in [5.74, 6) is 0.758. The lowest BCUT2D eigenvalue weighted by Gasteiger charge is -2.29. The van der Waals surface area contributed by atoms with Gasteiger partial charge < -0.3 is 14.8 Å². The van der Waals surface area contributed by atoms with E-state index >= 15 is 0 Å². The maximum atomic E-state index is 12.4. The number of hydrogen-bond donors (Lipinski definition) is 2. The highest BCUT2D eigenvalue weighted by atomic mass is 32.2. The Kier molecular flexibility index (Phi) is 6.03. The molecule has 0 aliphatic carbocycles. The standard InChI is InChI=1S/C15H23N3O5S/c1-3-23-13-5-4-12(10-14(13)22-2)17-15(19)11-6-8-18(9-7-11)24(16,20)21/h4-5,10-11H,3,6-9H2,1-2H3,(H,17,19)(H2,16,20,21). The zero-order valence-electron chi connectivity index (χ0n) is 13.8. The molecule has 1 aromatic carbocycles. The van der Waals surface area contributed by atoms with Crippen molar-refractivity contribution in [3.05, 3.63) is 18.2 Å². The van der Waals surface area contributed by atoms with E-state index in [4.69, 9.17) is 14.6 Å². The van der Waals surface area contributed by atoms with Gasteiger partial charge in [0.2, 0.25) is 5.91 Å². The summed E-state index contributed by atoms with van der Waals surface area (Å²) in [6, 6.07) is 5.18. The second-order valence-corrected chi connectivity index (χ2v) is 7.05. The number of carbonyl (C=O) groups is 1. The van der Waals surface area contributed by atoms with Gasteiger partial charge in [0, 0.05) is 30.8 Å². The molecule has 1 aliphatic rings. The molecule has 0 unspecified atom stereocenters. The summed E-state index contributed by atoms with van der Waals surface area (Å²) < 4.78 is 34.5. The summed E-state index contributed by atoms with van der Waals surface area (Å²) in [7, 11) is -2.15. The maximum absolute atomic E-state index is 12.4. The van der Waals surface area contributed by atoms with E-state index in [1.807, 2.05) is 6.92 Å². The summed E-state index contributed by atoms with van der Waals surface area (Å²) in [5.41, 5.74) is 0.606. The molecule has 0 spiro atoms. The zero-order valence-corrected chi connectivity index (χ0v) is 14.6. The van der Waals surface area contributed by atoms with Crippen molar-refractivity contribution in [3.8, 4) is 11.5 Å². The molecule has 2 rings (SSSR count). The molecule has 3 N–H and O–H groups in total. The number of ether oxygens (including phenoxy) is 2. The lowest BCUT2D eigenvalue weighted by Crippen LogP contribution is -2.44. The summed E-state index contributed by atoms with van der Waals surface area (Å²) in [4.78, 5) is 12.4. The van der Waals surface area contributed by atoms with Crippen LogP contribution in [0.1, 0.15) is 19.8 Å². The fourth-order valence-electron chi connectivity index (χ4n) is 2.64. The third-order valence-corrected chi connectivity index (χ3v) is 5.00. The highest BCUT2D eigenvalue weighted by Gasteiger charge is 2.29. The van der Waals surface area contributed by atoms with Crippen LogP contribution in [0.3, 0.4) is 0 Å². The predicted octanol–water partition coefficient (Wildman–Crippen LogP) is 0.948. The van der Waals surface area contributed by atoms with Gasteiger partial charge in [0.05, 0.1) is 13.7 Å². The summed E-state index contributed by atoms with van der Waals surface area (Å²) in [6.45, 7) is 2.90. The van der Waals surface area contributed by atoms with E-state index in [-0.39, 0.29) is 24.9 Å². The number of rotatable bonds is 6. The van der Waals surface area contributed by atoms with Gasteiger partial charge in [-0.2, -0.15) is 12.7 Å². The van der Waals surface area contributed by atoms with Crippen molar-refractivity contribution in [2.75, 3.05) is 32.1 Å². The van der Waals surface area contributed by atoms with Gasteiger partial charge in [-0.3, -0.25) is 4.79 Å². The maximum Gasteiger partial charge on any atom is 0.276 e. The Balaban J connectivity index is 1.98. The highest BCUT2D eigenvalue weighted by molar-refractivity contribution is 7.86. The van der Waals surface area contributed by atoms with Crippen molar-refractivity contribution in [2.45, 2.75) is 19.8 Å². The lowest BCUT2D eigenvalue weighted by molar-refractivity contribution is -0.120. The van der Waals surface area contributed by atoms with E-state index in [0.29, 0.717) is 36.6 Å². The average molecular weight is 357 g/mol. The van der Waals surface area contributed by atoms with Gasteiger partial charge in [-0.1, -0.05) is 0 Å². The SMILES string of the molecule is CCOc1ccc(NC(=O)C2CCN(S(N)(=O)=O)CC2)cc1OC. The molecule has 0 radical (unpaired) electrons. The van der Waals surface area contributed by atoms with Gasteiger partial charge >= 0.3 is 0 Å². The van der Waals surface area contributed by atoms with Crippen molar-refractivity contribution >= 4 is 21.8 Å². The number of nitrogens with zero attached hydrogens (tertiary/aromatic N) is 1. The molecule has 1 aliphatic heterocycles. The fraction of sp³-hybridized carbons (Fsp3) is 0.533. The number of piperidine rings is 1. The molecule has 0 saturated carbocycles.